The summed E-state index contributed by atoms with van der Waals surface area (Å²) in [6.45, 7) is 3.66. The standard InChI is InChI=1S/C24H30N4O2S/c1-3-31(29,30)28-11-8-22(9-12-28)27-24-15-21(14-20-7-10-26-17-23(20)24)19-6-4-5-18(13-19)16-25-2/h4-7,10,13-15,17,22,25,27H,3,8-9,11-12,16H2,1-2H3. The summed E-state index contributed by atoms with van der Waals surface area (Å²) in [6.07, 6.45) is 5.31. The molecule has 7 heteroatoms. The molecule has 2 aromatic carbocycles. The van der Waals surface area contributed by atoms with Crippen LogP contribution < -0.4 is 10.6 Å². The van der Waals surface area contributed by atoms with E-state index in [1.165, 1.54) is 11.1 Å². The van der Waals surface area contributed by atoms with Crippen LogP contribution in [-0.2, 0) is 16.6 Å². The monoisotopic (exact) mass is 438 g/mol. The summed E-state index contributed by atoms with van der Waals surface area (Å²) in [4.78, 5) is 4.33. The zero-order valence-electron chi connectivity index (χ0n) is 18.1. The largest absolute Gasteiger partial charge is 0.382 e. The Hall–Kier alpha value is -2.48. The first kappa shape index (κ1) is 21.7. The SMILES string of the molecule is CCS(=O)(=O)N1CCC(Nc2cc(-c3cccc(CNC)c3)cc3ccncc23)CC1. The molecule has 0 amide bonds. The second-order valence-corrected chi connectivity index (χ2v) is 10.3. The molecule has 3 aromatic rings. The lowest BCUT2D eigenvalue weighted by atomic mass is 9.98. The molecule has 0 radical (unpaired) electrons. The van der Waals surface area contributed by atoms with Crippen LogP contribution in [0.25, 0.3) is 21.9 Å². The smallest absolute Gasteiger partial charge is 0.213 e. The van der Waals surface area contributed by atoms with Crippen LogP contribution >= 0.6 is 0 Å². The molecular formula is C24H30N4O2S. The molecule has 2 N–H and O–H groups in total. The third kappa shape index (κ3) is 4.89. The van der Waals surface area contributed by atoms with E-state index in [4.69, 9.17) is 0 Å². The van der Waals surface area contributed by atoms with E-state index in [0.717, 1.165) is 41.4 Å². The van der Waals surface area contributed by atoms with Gasteiger partial charge in [-0.3, -0.25) is 4.98 Å². The number of rotatable bonds is 7. The number of hydrogen-bond donors (Lipinski definition) is 2. The van der Waals surface area contributed by atoms with Crippen LogP contribution in [-0.4, -0.2) is 49.6 Å². The fourth-order valence-corrected chi connectivity index (χ4v) is 5.36. The Morgan fingerprint density at radius 3 is 2.65 bits per heavy atom. The predicted octanol–water partition coefficient (Wildman–Crippen LogP) is 3.85. The van der Waals surface area contributed by atoms with Crippen molar-refractivity contribution in [2.75, 3.05) is 31.2 Å². The van der Waals surface area contributed by atoms with Crippen molar-refractivity contribution in [1.29, 1.82) is 0 Å². The highest BCUT2D eigenvalue weighted by Gasteiger charge is 2.26. The van der Waals surface area contributed by atoms with Crippen LogP contribution in [0, 0.1) is 0 Å². The van der Waals surface area contributed by atoms with Crippen molar-refractivity contribution in [2.24, 2.45) is 0 Å². The van der Waals surface area contributed by atoms with Crippen molar-refractivity contribution in [3.63, 3.8) is 0 Å². The number of nitrogens with zero attached hydrogens (tertiary/aromatic N) is 2. The van der Waals surface area contributed by atoms with E-state index in [0.29, 0.717) is 13.1 Å². The average molecular weight is 439 g/mol. The molecule has 1 aliphatic rings. The zero-order valence-corrected chi connectivity index (χ0v) is 19.0. The third-order valence-electron chi connectivity index (χ3n) is 5.97. The average Bonchev–Trinajstić information content (AvgIpc) is 2.80. The van der Waals surface area contributed by atoms with Crippen LogP contribution in [0.4, 0.5) is 5.69 Å². The molecule has 4 rings (SSSR count). The highest BCUT2D eigenvalue weighted by Crippen LogP contribution is 2.32. The number of aromatic nitrogens is 1. The topological polar surface area (TPSA) is 74.3 Å². The van der Waals surface area contributed by atoms with Gasteiger partial charge in [-0.2, -0.15) is 0 Å². The number of benzene rings is 2. The molecule has 31 heavy (non-hydrogen) atoms. The maximum Gasteiger partial charge on any atom is 0.213 e. The summed E-state index contributed by atoms with van der Waals surface area (Å²) in [6, 6.07) is 15.2. The number of nitrogens with one attached hydrogen (secondary N) is 2. The van der Waals surface area contributed by atoms with Crippen LogP contribution in [0.5, 0.6) is 0 Å². The van der Waals surface area contributed by atoms with Gasteiger partial charge in [0.1, 0.15) is 0 Å². The van der Waals surface area contributed by atoms with Crippen molar-refractivity contribution in [3.8, 4) is 11.1 Å². The minimum atomic E-state index is -3.11. The van der Waals surface area contributed by atoms with Gasteiger partial charge in [0.2, 0.25) is 10.0 Å². The van der Waals surface area contributed by atoms with Gasteiger partial charge >= 0.3 is 0 Å². The van der Waals surface area contributed by atoms with Crippen molar-refractivity contribution >= 4 is 26.5 Å². The highest BCUT2D eigenvalue weighted by atomic mass is 32.2. The summed E-state index contributed by atoms with van der Waals surface area (Å²) in [5, 5.41) is 9.12. The normalized spacial score (nSPS) is 15.9. The molecule has 0 atom stereocenters. The van der Waals surface area contributed by atoms with Crippen molar-refractivity contribution in [3.05, 3.63) is 60.4 Å². The number of anilines is 1. The Labute approximate surface area is 184 Å². The molecule has 0 saturated carbocycles. The molecule has 0 spiro atoms. The Bertz CT molecular complexity index is 1160. The maximum absolute atomic E-state index is 12.2. The minimum Gasteiger partial charge on any atom is -0.382 e. The Morgan fingerprint density at radius 2 is 1.90 bits per heavy atom. The third-order valence-corrected chi connectivity index (χ3v) is 7.85. The number of piperidine rings is 1. The number of sulfonamides is 1. The van der Waals surface area contributed by atoms with E-state index >= 15 is 0 Å². The molecule has 6 nitrogen and oxygen atoms in total. The Kier molecular flexibility index (Phi) is 6.55. The van der Waals surface area contributed by atoms with Gasteiger partial charge in [0.05, 0.1) is 5.75 Å². The van der Waals surface area contributed by atoms with Crippen LogP contribution in [0.1, 0.15) is 25.3 Å². The molecule has 0 aliphatic carbocycles. The van der Waals surface area contributed by atoms with Gasteiger partial charge in [0, 0.05) is 49.1 Å². The number of hydrogen-bond acceptors (Lipinski definition) is 5. The van der Waals surface area contributed by atoms with E-state index in [9.17, 15) is 8.42 Å². The van der Waals surface area contributed by atoms with Gasteiger partial charge in [-0.25, -0.2) is 12.7 Å². The van der Waals surface area contributed by atoms with Gasteiger partial charge in [-0.05, 0) is 73.2 Å². The fourth-order valence-electron chi connectivity index (χ4n) is 4.23. The molecule has 1 saturated heterocycles. The summed E-state index contributed by atoms with van der Waals surface area (Å²) >= 11 is 0. The second kappa shape index (κ2) is 9.34. The molecule has 0 unspecified atom stereocenters. The van der Waals surface area contributed by atoms with E-state index in [1.54, 1.807) is 11.2 Å². The van der Waals surface area contributed by atoms with Crippen molar-refractivity contribution in [2.45, 2.75) is 32.4 Å². The van der Waals surface area contributed by atoms with Gasteiger partial charge in [-0.15, -0.1) is 0 Å². The van der Waals surface area contributed by atoms with Gasteiger partial charge in [-0.1, -0.05) is 18.2 Å². The molecule has 1 fully saturated rings. The fraction of sp³-hybridized carbons (Fsp3) is 0.375. The first-order valence-corrected chi connectivity index (χ1v) is 12.5. The Morgan fingerprint density at radius 1 is 1.10 bits per heavy atom. The lowest BCUT2D eigenvalue weighted by Crippen LogP contribution is -2.42. The first-order valence-electron chi connectivity index (χ1n) is 10.9. The molecule has 1 aromatic heterocycles. The lowest BCUT2D eigenvalue weighted by Gasteiger charge is -2.32. The van der Waals surface area contributed by atoms with E-state index in [2.05, 4.69) is 52.0 Å². The van der Waals surface area contributed by atoms with E-state index < -0.39 is 10.0 Å². The minimum absolute atomic E-state index is 0.163. The van der Waals surface area contributed by atoms with Crippen LogP contribution in [0.3, 0.4) is 0 Å². The molecule has 164 valence electrons. The maximum atomic E-state index is 12.2. The quantitative estimate of drug-likeness (QED) is 0.586. The van der Waals surface area contributed by atoms with Crippen LogP contribution in [0.15, 0.2) is 54.9 Å². The summed E-state index contributed by atoms with van der Waals surface area (Å²) in [5.74, 6) is 0.163. The Balaban J connectivity index is 1.61. The number of fused-ring (bicyclic) bond motifs is 1. The van der Waals surface area contributed by atoms with Crippen LogP contribution in [0.2, 0.25) is 0 Å². The van der Waals surface area contributed by atoms with Crippen molar-refractivity contribution in [1.82, 2.24) is 14.6 Å². The molecule has 1 aliphatic heterocycles. The summed E-state index contributed by atoms with van der Waals surface area (Å²) in [5.41, 5.74) is 4.63. The van der Waals surface area contributed by atoms with Gasteiger partial charge < -0.3 is 10.6 Å². The molecule has 0 bridgehead atoms. The summed E-state index contributed by atoms with van der Waals surface area (Å²) in [7, 11) is -1.16. The van der Waals surface area contributed by atoms with Gasteiger partial charge in [0.25, 0.3) is 0 Å². The summed E-state index contributed by atoms with van der Waals surface area (Å²) < 4.78 is 25.9. The van der Waals surface area contributed by atoms with E-state index in [1.807, 2.05) is 25.5 Å². The second-order valence-electron chi connectivity index (χ2n) is 8.07. The van der Waals surface area contributed by atoms with Crippen molar-refractivity contribution < 1.29 is 8.42 Å². The van der Waals surface area contributed by atoms with Gasteiger partial charge in [0.15, 0.2) is 0 Å². The highest BCUT2D eigenvalue weighted by molar-refractivity contribution is 7.89. The molecule has 2 heterocycles. The predicted molar refractivity (Wildman–Crippen MR) is 128 cm³/mol. The molecular weight excluding hydrogens is 408 g/mol. The zero-order chi connectivity index (χ0) is 21.8. The first-order chi connectivity index (χ1) is 15.0. The van der Waals surface area contributed by atoms with E-state index in [-0.39, 0.29) is 11.8 Å². The lowest BCUT2D eigenvalue weighted by molar-refractivity contribution is 0.330. The number of pyridine rings is 1.